The number of hydrogen-bond acceptors (Lipinski definition) is 5. The van der Waals surface area contributed by atoms with Crippen LogP contribution in [0.1, 0.15) is 5.56 Å². The monoisotopic (exact) mass is 287 g/mol. The second-order valence-electron chi connectivity index (χ2n) is 3.96. The number of sulfonamides is 1. The number of rotatable bonds is 5. The van der Waals surface area contributed by atoms with E-state index < -0.39 is 27.4 Å². The van der Waals surface area contributed by atoms with Gasteiger partial charge in [0.05, 0.1) is 16.9 Å². The van der Waals surface area contributed by atoms with Gasteiger partial charge in [-0.05, 0) is 18.6 Å². The summed E-state index contributed by atoms with van der Waals surface area (Å²) in [5.74, 6) is -0.817. The van der Waals surface area contributed by atoms with Gasteiger partial charge in [-0.25, -0.2) is 8.42 Å². The zero-order chi connectivity index (χ0) is 14.8. The zero-order valence-electron chi connectivity index (χ0n) is 10.4. The minimum Gasteiger partial charge on any atom is -0.368 e. The lowest BCUT2D eigenvalue weighted by Crippen LogP contribution is -2.38. The van der Waals surface area contributed by atoms with Crippen LogP contribution in [0.25, 0.3) is 0 Å². The van der Waals surface area contributed by atoms with Crippen LogP contribution in [0.2, 0.25) is 0 Å². The van der Waals surface area contributed by atoms with Gasteiger partial charge in [0.1, 0.15) is 6.54 Å². The number of nitrogens with two attached hydrogens (primary N) is 1. The Morgan fingerprint density at radius 3 is 2.42 bits per heavy atom. The van der Waals surface area contributed by atoms with E-state index in [9.17, 15) is 23.3 Å². The topological polar surface area (TPSA) is 124 Å². The summed E-state index contributed by atoms with van der Waals surface area (Å²) in [5.41, 5.74) is 5.39. The Morgan fingerprint density at radius 2 is 2.05 bits per heavy atom. The first-order valence-corrected chi connectivity index (χ1v) is 6.99. The van der Waals surface area contributed by atoms with Crippen LogP contribution in [0, 0.1) is 17.0 Å². The lowest BCUT2D eigenvalue weighted by molar-refractivity contribution is -0.384. The molecule has 1 aromatic carbocycles. The largest absolute Gasteiger partial charge is 0.368 e. The van der Waals surface area contributed by atoms with Gasteiger partial charge >= 0.3 is 0 Å². The van der Waals surface area contributed by atoms with E-state index in [0.717, 1.165) is 10.6 Å². The molecular formula is C10H13N3O5S. The summed E-state index contributed by atoms with van der Waals surface area (Å²) < 4.78 is 24.1. The fourth-order valence-corrected chi connectivity index (χ4v) is 2.48. The molecule has 0 fully saturated rings. The number of hydrogen-bond donors (Lipinski definition) is 1. The lowest BCUT2D eigenvalue weighted by atomic mass is 10.2. The van der Waals surface area contributed by atoms with Crippen molar-refractivity contribution in [2.45, 2.75) is 6.92 Å². The molecule has 0 aromatic heterocycles. The third-order valence-electron chi connectivity index (χ3n) is 2.36. The predicted octanol–water partition coefficient (Wildman–Crippen LogP) is 0.155. The third-order valence-corrected chi connectivity index (χ3v) is 3.49. The molecule has 19 heavy (non-hydrogen) atoms. The van der Waals surface area contributed by atoms with E-state index in [4.69, 9.17) is 5.73 Å². The number of amides is 1. The van der Waals surface area contributed by atoms with Crippen LogP contribution in [-0.4, -0.2) is 32.0 Å². The highest BCUT2D eigenvalue weighted by molar-refractivity contribution is 7.92. The molecule has 104 valence electrons. The number of nitro groups is 1. The summed E-state index contributed by atoms with van der Waals surface area (Å²) in [4.78, 5) is 20.9. The molecule has 0 saturated carbocycles. The molecule has 8 nitrogen and oxygen atoms in total. The van der Waals surface area contributed by atoms with Crippen molar-refractivity contribution in [2.75, 3.05) is 17.1 Å². The Morgan fingerprint density at radius 1 is 1.47 bits per heavy atom. The number of primary amides is 1. The summed E-state index contributed by atoms with van der Waals surface area (Å²) in [6.45, 7) is 0.999. The van der Waals surface area contributed by atoms with Gasteiger partial charge < -0.3 is 5.73 Å². The third kappa shape index (κ3) is 3.65. The van der Waals surface area contributed by atoms with Gasteiger partial charge in [0, 0.05) is 12.1 Å². The Bertz CT molecular complexity index is 626. The van der Waals surface area contributed by atoms with E-state index in [1.165, 1.54) is 25.1 Å². The van der Waals surface area contributed by atoms with Gasteiger partial charge in [-0.2, -0.15) is 0 Å². The minimum absolute atomic E-state index is 0.159. The summed E-state index contributed by atoms with van der Waals surface area (Å²) in [6, 6.07) is 3.67. The molecule has 0 heterocycles. The van der Waals surface area contributed by atoms with Crippen molar-refractivity contribution in [3.05, 3.63) is 33.9 Å². The van der Waals surface area contributed by atoms with Crippen molar-refractivity contribution in [3.63, 3.8) is 0 Å². The summed E-state index contributed by atoms with van der Waals surface area (Å²) in [5, 5.41) is 10.6. The number of carbonyl (C=O) groups excluding carboxylic acids is 1. The lowest BCUT2D eigenvalue weighted by Gasteiger charge is -2.22. The maximum absolute atomic E-state index is 11.6. The molecule has 1 amide bonds. The SMILES string of the molecule is Cc1cc([N+](=O)[O-])ccc1N(CC(N)=O)S(C)(=O)=O. The Hall–Kier alpha value is -2.16. The van der Waals surface area contributed by atoms with Gasteiger partial charge in [0.15, 0.2) is 0 Å². The van der Waals surface area contributed by atoms with Crippen molar-refractivity contribution in [1.29, 1.82) is 0 Å². The first-order chi connectivity index (χ1) is 8.62. The molecule has 0 aliphatic carbocycles. The van der Waals surface area contributed by atoms with Crippen molar-refractivity contribution in [3.8, 4) is 0 Å². The van der Waals surface area contributed by atoms with Gasteiger partial charge in [-0.1, -0.05) is 0 Å². The molecule has 0 spiro atoms. The van der Waals surface area contributed by atoms with E-state index in [1.807, 2.05) is 0 Å². The van der Waals surface area contributed by atoms with Crippen LogP contribution in [0.4, 0.5) is 11.4 Å². The maximum Gasteiger partial charge on any atom is 0.269 e. The van der Waals surface area contributed by atoms with E-state index in [-0.39, 0.29) is 11.4 Å². The molecule has 1 aromatic rings. The molecule has 2 N–H and O–H groups in total. The fraction of sp³-hybridized carbons (Fsp3) is 0.300. The summed E-state index contributed by atoms with van der Waals surface area (Å²) in [6.07, 6.45) is 0.927. The van der Waals surface area contributed by atoms with Crippen LogP contribution in [0.5, 0.6) is 0 Å². The van der Waals surface area contributed by atoms with Crippen molar-refractivity contribution in [2.24, 2.45) is 5.73 Å². The summed E-state index contributed by atoms with van der Waals surface area (Å²) >= 11 is 0. The van der Waals surface area contributed by atoms with Gasteiger partial charge in [-0.3, -0.25) is 19.2 Å². The fourth-order valence-electron chi connectivity index (χ4n) is 1.56. The molecule has 0 saturated heterocycles. The molecule has 0 radical (unpaired) electrons. The number of non-ortho nitro benzene ring substituents is 1. The number of anilines is 1. The quantitative estimate of drug-likeness (QED) is 0.610. The Balaban J connectivity index is 3.32. The van der Waals surface area contributed by atoms with Crippen LogP contribution >= 0.6 is 0 Å². The second kappa shape index (κ2) is 5.22. The number of aryl methyl sites for hydroxylation is 1. The molecule has 0 atom stereocenters. The normalized spacial score (nSPS) is 11.1. The first kappa shape index (κ1) is 14.9. The average Bonchev–Trinajstić information content (AvgIpc) is 2.24. The molecule has 0 aliphatic rings. The van der Waals surface area contributed by atoms with Crippen LogP contribution < -0.4 is 10.0 Å². The van der Waals surface area contributed by atoms with Gasteiger partial charge in [0.2, 0.25) is 15.9 Å². The van der Waals surface area contributed by atoms with Crippen LogP contribution in [0.3, 0.4) is 0 Å². The van der Waals surface area contributed by atoms with E-state index >= 15 is 0 Å². The van der Waals surface area contributed by atoms with Crippen molar-refractivity contribution < 1.29 is 18.1 Å². The smallest absolute Gasteiger partial charge is 0.269 e. The molecule has 9 heteroatoms. The van der Waals surface area contributed by atoms with Gasteiger partial charge in [-0.15, -0.1) is 0 Å². The minimum atomic E-state index is -3.71. The molecule has 0 aliphatic heterocycles. The molecule has 0 bridgehead atoms. The molecule has 1 rings (SSSR count). The highest BCUT2D eigenvalue weighted by Crippen LogP contribution is 2.26. The molecular weight excluding hydrogens is 274 g/mol. The Kier molecular flexibility index (Phi) is 4.10. The number of nitro benzene ring substituents is 1. The van der Waals surface area contributed by atoms with Gasteiger partial charge in [0.25, 0.3) is 5.69 Å². The van der Waals surface area contributed by atoms with Crippen molar-refractivity contribution in [1.82, 2.24) is 0 Å². The summed E-state index contributed by atoms with van der Waals surface area (Å²) in [7, 11) is -3.71. The highest BCUT2D eigenvalue weighted by Gasteiger charge is 2.22. The standard InChI is InChI=1S/C10H13N3O5S/c1-7-5-8(13(15)16)3-4-9(7)12(6-10(11)14)19(2,17)18/h3-5H,6H2,1-2H3,(H2,11,14). The second-order valence-corrected chi connectivity index (χ2v) is 5.87. The van der Waals surface area contributed by atoms with Crippen LogP contribution in [0.15, 0.2) is 18.2 Å². The van der Waals surface area contributed by atoms with E-state index in [2.05, 4.69) is 0 Å². The number of benzene rings is 1. The van der Waals surface area contributed by atoms with E-state index in [1.54, 1.807) is 0 Å². The van der Waals surface area contributed by atoms with E-state index in [0.29, 0.717) is 5.56 Å². The highest BCUT2D eigenvalue weighted by atomic mass is 32.2. The average molecular weight is 287 g/mol. The Labute approximate surface area is 110 Å². The van der Waals surface area contributed by atoms with Crippen LogP contribution in [-0.2, 0) is 14.8 Å². The van der Waals surface area contributed by atoms with Crippen molar-refractivity contribution >= 4 is 27.3 Å². The molecule has 0 unspecified atom stereocenters. The predicted molar refractivity (Wildman–Crippen MR) is 69.2 cm³/mol. The zero-order valence-corrected chi connectivity index (χ0v) is 11.2. The first-order valence-electron chi connectivity index (χ1n) is 5.14. The number of nitrogens with zero attached hydrogens (tertiary/aromatic N) is 2. The number of carbonyl (C=O) groups is 1. The maximum atomic E-state index is 11.6.